The van der Waals surface area contributed by atoms with Crippen LogP contribution < -0.4 is 10.0 Å². The van der Waals surface area contributed by atoms with Gasteiger partial charge in [0.2, 0.25) is 5.03 Å². The monoisotopic (exact) mass is 323 g/mol. The van der Waals surface area contributed by atoms with E-state index in [1.54, 1.807) is 7.05 Å². The molecule has 1 atom stereocenters. The van der Waals surface area contributed by atoms with Gasteiger partial charge in [0.25, 0.3) is 10.0 Å². The number of halogens is 1. The zero-order valence-corrected chi connectivity index (χ0v) is 11.8. The Bertz CT molecular complexity index is 475. The van der Waals surface area contributed by atoms with Crippen molar-refractivity contribution in [2.45, 2.75) is 23.9 Å². The van der Waals surface area contributed by atoms with E-state index in [1.165, 1.54) is 4.68 Å². The van der Waals surface area contributed by atoms with Crippen LogP contribution in [0.15, 0.2) is 9.63 Å². The minimum atomic E-state index is -3.58. The van der Waals surface area contributed by atoms with Gasteiger partial charge in [0.1, 0.15) is 0 Å². The van der Waals surface area contributed by atoms with Gasteiger partial charge >= 0.3 is 0 Å². The molecule has 0 saturated carbocycles. The van der Waals surface area contributed by atoms with E-state index in [0.717, 1.165) is 19.4 Å². The molecular weight excluding hydrogens is 310 g/mol. The average molecular weight is 324 g/mol. The summed E-state index contributed by atoms with van der Waals surface area (Å²) < 4.78 is 28.4. The van der Waals surface area contributed by atoms with Crippen LogP contribution in [0.2, 0.25) is 0 Å². The molecule has 0 aliphatic carbocycles. The molecule has 1 aliphatic rings. The lowest BCUT2D eigenvalue weighted by atomic mass is 10.1. The Kier molecular flexibility index (Phi) is 3.81. The first-order chi connectivity index (χ1) is 8.00. The second-order valence-electron chi connectivity index (χ2n) is 3.97. The third-order valence-corrected chi connectivity index (χ3v) is 5.02. The zero-order chi connectivity index (χ0) is 12.5. The van der Waals surface area contributed by atoms with Gasteiger partial charge in [-0.05, 0) is 35.3 Å². The van der Waals surface area contributed by atoms with Crippen molar-refractivity contribution in [3.63, 3.8) is 0 Å². The van der Waals surface area contributed by atoms with E-state index < -0.39 is 10.0 Å². The highest BCUT2D eigenvalue weighted by atomic mass is 79.9. The molecule has 0 aromatic carbocycles. The van der Waals surface area contributed by atoms with Gasteiger partial charge in [-0.25, -0.2) is 17.8 Å². The lowest BCUT2D eigenvalue weighted by molar-refractivity contribution is 0.427. The molecule has 1 saturated heterocycles. The Morgan fingerprint density at radius 1 is 1.59 bits per heavy atom. The van der Waals surface area contributed by atoms with Crippen LogP contribution in [-0.4, -0.2) is 42.5 Å². The Morgan fingerprint density at radius 3 is 2.88 bits per heavy atom. The Labute approximate surface area is 108 Å². The molecule has 2 N–H and O–H groups in total. The molecule has 0 spiro atoms. The van der Waals surface area contributed by atoms with Crippen LogP contribution in [0.3, 0.4) is 0 Å². The van der Waals surface area contributed by atoms with Gasteiger partial charge in [-0.1, -0.05) is 5.21 Å². The SMILES string of the molecule is Cn1nnc(Br)c1S(=O)(=O)NC1CCCNC1. The number of hydrogen-bond acceptors (Lipinski definition) is 5. The van der Waals surface area contributed by atoms with Crippen LogP contribution in [0, 0.1) is 0 Å². The lowest BCUT2D eigenvalue weighted by Crippen LogP contribution is -2.45. The van der Waals surface area contributed by atoms with E-state index in [1.807, 2.05) is 0 Å². The molecule has 2 rings (SSSR count). The van der Waals surface area contributed by atoms with Crippen molar-refractivity contribution >= 4 is 26.0 Å². The smallest absolute Gasteiger partial charge is 0.260 e. The number of nitrogens with one attached hydrogen (secondary N) is 2. The first kappa shape index (κ1) is 12.9. The first-order valence-corrected chi connectivity index (χ1v) is 7.56. The Morgan fingerprint density at radius 2 is 2.35 bits per heavy atom. The molecule has 96 valence electrons. The highest BCUT2D eigenvalue weighted by Gasteiger charge is 2.27. The minimum absolute atomic E-state index is 0.0584. The molecule has 1 fully saturated rings. The number of piperidine rings is 1. The van der Waals surface area contributed by atoms with Crippen LogP contribution in [0.1, 0.15) is 12.8 Å². The van der Waals surface area contributed by atoms with Gasteiger partial charge in [-0.15, -0.1) is 5.10 Å². The fourth-order valence-corrected chi connectivity index (χ4v) is 4.20. The molecule has 0 bridgehead atoms. The Balaban J connectivity index is 2.19. The fourth-order valence-electron chi connectivity index (χ4n) is 1.84. The maximum Gasteiger partial charge on any atom is 0.260 e. The number of hydrogen-bond donors (Lipinski definition) is 2. The topological polar surface area (TPSA) is 88.9 Å². The van der Waals surface area contributed by atoms with Crippen LogP contribution >= 0.6 is 15.9 Å². The minimum Gasteiger partial charge on any atom is -0.315 e. The summed E-state index contributed by atoms with van der Waals surface area (Å²) in [5.74, 6) is 0. The zero-order valence-electron chi connectivity index (χ0n) is 9.35. The number of aromatic nitrogens is 3. The standard InChI is InChI=1S/C8H14BrN5O2S/c1-14-8(7(9)11-13-14)17(15,16)12-6-3-2-4-10-5-6/h6,10,12H,2-5H2,1H3. The molecule has 1 aromatic heterocycles. The maximum atomic E-state index is 12.1. The van der Waals surface area contributed by atoms with E-state index in [4.69, 9.17) is 0 Å². The van der Waals surface area contributed by atoms with Crippen molar-refractivity contribution in [2.75, 3.05) is 13.1 Å². The van der Waals surface area contributed by atoms with E-state index in [0.29, 0.717) is 6.54 Å². The van der Waals surface area contributed by atoms with Crippen molar-refractivity contribution in [2.24, 2.45) is 7.05 Å². The molecule has 17 heavy (non-hydrogen) atoms. The average Bonchev–Trinajstić information content (AvgIpc) is 2.59. The molecule has 1 aromatic rings. The number of nitrogens with zero attached hydrogens (tertiary/aromatic N) is 3. The van der Waals surface area contributed by atoms with Crippen molar-refractivity contribution in [1.82, 2.24) is 25.0 Å². The van der Waals surface area contributed by atoms with Crippen molar-refractivity contribution in [3.8, 4) is 0 Å². The van der Waals surface area contributed by atoms with E-state index in [9.17, 15) is 8.42 Å². The summed E-state index contributed by atoms with van der Waals surface area (Å²) >= 11 is 3.09. The van der Waals surface area contributed by atoms with Gasteiger partial charge in [0.05, 0.1) is 0 Å². The summed E-state index contributed by atoms with van der Waals surface area (Å²) in [7, 11) is -2.03. The number of aryl methyl sites for hydroxylation is 1. The predicted molar refractivity (Wildman–Crippen MR) is 64.9 cm³/mol. The van der Waals surface area contributed by atoms with E-state index in [-0.39, 0.29) is 15.7 Å². The second kappa shape index (κ2) is 5.01. The van der Waals surface area contributed by atoms with Crippen molar-refractivity contribution in [3.05, 3.63) is 4.60 Å². The van der Waals surface area contributed by atoms with Gasteiger partial charge < -0.3 is 5.32 Å². The van der Waals surface area contributed by atoms with E-state index >= 15 is 0 Å². The van der Waals surface area contributed by atoms with Gasteiger partial charge in [-0.2, -0.15) is 0 Å². The first-order valence-electron chi connectivity index (χ1n) is 5.29. The highest BCUT2D eigenvalue weighted by molar-refractivity contribution is 9.10. The summed E-state index contributed by atoms with van der Waals surface area (Å²) in [6.45, 7) is 1.59. The number of sulfonamides is 1. The number of rotatable bonds is 3. The maximum absolute atomic E-state index is 12.1. The largest absolute Gasteiger partial charge is 0.315 e. The summed E-state index contributed by atoms with van der Waals surface area (Å²) in [6, 6.07) is -0.0736. The second-order valence-corrected chi connectivity index (χ2v) is 6.35. The molecule has 0 amide bonds. The summed E-state index contributed by atoms with van der Waals surface area (Å²) in [4.78, 5) is 0. The molecule has 2 heterocycles. The van der Waals surface area contributed by atoms with Gasteiger partial charge in [0, 0.05) is 19.6 Å². The molecule has 1 unspecified atom stereocenters. The Hall–Kier alpha value is -0.510. The lowest BCUT2D eigenvalue weighted by Gasteiger charge is -2.23. The van der Waals surface area contributed by atoms with Crippen molar-refractivity contribution in [1.29, 1.82) is 0 Å². The van der Waals surface area contributed by atoms with E-state index in [2.05, 4.69) is 36.3 Å². The van der Waals surface area contributed by atoms with Crippen LogP contribution in [-0.2, 0) is 17.1 Å². The molecule has 0 radical (unpaired) electrons. The fraction of sp³-hybridized carbons (Fsp3) is 0.750. The third kappa shape index (κ3) is 2.84. The van der Waals surface area contributed by atoms with Crippen molar-refractivity contribution < 1.29 is 8.42 Å². The molecule has 1 aliphatic heterocycles. The van der Waals surface area contributed by atoms with Gasteiger partial charge in [0.15, 0.2) is 4.60 Å². The van der Waals surface area contributed by atoms with Crippen LogP contribution in [0.5, 0.6) is 0 Å². The molecular formula is C8H14BrN5O2S. The quantitative estimate of drug-likeness (QED) is 0.790. The van der Waals surface area contributed by atoms with Crippen LogP contribution in [0.4, 0.5) is 0 Å². The molecule has 7 nitrogen and oxygen atoms in total. The summed E-state index contributed by atoms with van der Waals surface area (Å²) in [5, 5.41) is 10.5. The highest BCUT2D eigenvalue weighted by Crippen LogP contribution is 2.18. The van der Waals surface area contributed by atoms with Crippen LogP contribution in [0.25, 0.3) is 0 Å². The predicted octanol–water partition coefficient (Wildman–Crippen LogP) is -0.392. The third-order valence-electron chi connectivity index (χ3n) is 2.61. The van der Waals surface area contributed by atoms with Gasteiger partial charge in [-0.3, -0.25) is 0 Å². The summed E-state index contributed by atoms with van der Waals surface area (Å²) in [5.41, 5.74) is 0. The normalized spacial score (nSPS) is 21.6. The molecule has 9 heteroatoms. The summed E-state index contributed by atoms with van der Waals surface area (Å²) in [6.07, 6.45) is 1.81.